The standard InChI is InChI=1S/C16H27ClO4/c1-3-5-6-10-14(17)15(19)11-8-7-9-13(18)12-16(20)21-4-2/h8,11,14-15,19H,3-7,9-10,12H2,1-2H3/b11-8-. The van der Waals surface area contributed by atoms with Crippen molar-refractivity contribution in [2.24, 2.45) is 0 Å². The quantitative estimate of drug-likeness (QED) is 0.197. The molecule has 0 aromatic rings. The van der Waals surface area contributed by atoms with Crippen molar-refractivity contribution in [3.8, 4) is 0 Å². The highest BCUT2D eigenvalue weighted by Crippen LogP contribution is 2.14. The highest BCUT2D eigenvalue weighted by molar-refractivity contribution is 6.21. The number of esters is 1. The molecule has 0 saturated heterocycles. The Kier molecular flexibility index (Phi) is 12.3. The van der Waals surface area contributed by atoms with Crippen LogP contribution in [0.2, 0.25) is 0 Å². The van der Waals surface area contributed by atoms with Crippen LogP contribution < -0.4 is 0 Å². The Bertz CT molecular complexity index is 328. The summed E-state index contributed by atoms with van der Waals surface area (Å²) in [4.78, 5) is 22.5. The zero-order valence-corrected chi connectivity index (χ0v) is 13.8. The summed E-state index contributed by atoms with van der Waals surface area (Å²) in [5.41, 5.74) is 0. The van der Waals surface area contributed by atoms with E-state index >= 15 is 0 Å². The van der Waals surface area contributed by atoms with Crippen LogP contribution in [-0.4, -0.2) is 34.9 Å². The summed E-state index contributed by atoms with van der Waals surface area (Å²) in [5, 5.41) is 9.53. The maximum atomic E-state index is 11.5. The van der Waals surface area contributed by atoms with Gasteiger partial charge < -0.3 is 9.84 Å². The summed E-state index contributed by atoms with van der Waals surface area (Å²) in [7, 11) is 0. The first-order valence-corrected chi connectivity index (χ1v) is 8.11. The molecular formula is C16H27ClO4. The number of carbonyl (C=O) groups is 2. The number of ether oxygens (including phenoxy) is 1. The summed E-state index contributed by atoms with van der Waals surface area (Å²) in [6.07, 6.45) is 7.28. The van der Waals surface area contributed by atoms with Gasteiger partial charge >= 0.3 is 5.97 Å². The molecule has 0 amide bonds. The molecule has 0 aliphatic heterocycles. The second-order valence-corrected chi connectivity index (χ2v) is 5.55. The third-order valence-corrected chi connectivity index (χ3v) is 3.50. The molecule has 1 N–H and O–H groups in total. The minimum absolute atomic E-state index is 0.155. The van der Waals surface area contributed by atoms with Crippen LogP contribution in [-0.2, 0) is 14.3 Å². The molecule has 0 aliphatic carbocycles. The third-order valence-electron chi connectivity index (χ3n) is 3.02. The van der Waals surface area contributed by atoms with Gasteiger partial charge in [0.05, 0.1) is 18.1 Å². The summed E-state index contributed by atoms with van der Waals surface area (Å²) in [6.45, 7) is 4.11. The van der Waals surface area contributed by atoms with Crippen molar-refractivity contribution in [3.05, 3.63) is 12.2 Å². The number of hydrogen-bond donors (Lipinski definition) is 1. The van der Waals surface area contributed by atoms with E-state index in [9.17, 15) is 14.7 Å². The molecule has 0 fully saturated rings. The molecule has 0 radical (unpaired) electrons. The summed E-state index contributed by atoms with van der Waals surface area (Å²) in [5.74, 6) is -0.638. The molecule has 2 unspecified atom stereocenters. The van der Waals surface area contributed by atoms with Gasteiger partial charge in [0.15, 0.2) is 0 Å². The number of Topliss-reactive ketones (excluding diaryl/α,β-unsaturated/α-hetero) is 1. The Labute approximate surface area is 132 Å². The molecule has 122 valence electrons. The summed E-state index contributed by atoms with van der Waals surface area (Å²) in [6, 6.07) is 0. The van der Waals surface area contributed by atoms with Gasteiger partial charge in [-0.2, -0.15) is 0 Å². The number of aliphatic hydroxyl groups excluding tert-OH is 1. The fraction of sp³-hybridized carbons (Fsp3) is 0.750. The number of halogens is 1. The van der Waals surface area contributed by atoms with Crippen molar-refractivity contribution in [2.45, 2.75) is 70.3 Å². The van der Waals surface area contributed by atoms with Crippen molar-refractivity contribution < 1.29 is 19.4 Å². The molecule has 2 atom stereocenters. The van der Waals surface area contributed by atoms with Crippen molar-refractivity contribution in [1.82, 2.24) is 0 Å². The largest absolute Gasteiger partial charge is 0.466 e. The van der Waals surface area contributed by atoms with E-state index in [4.69, 9.17) is 16.3 Å². The predicted molar refractivity (Wildman–Crippen MR) is 84.4 cm³/mol. The van der Waals surface area contributed by atoms with E-state index in [0.29, 0.717) is 6.42 Å². The average Bonchev–Trinajstić information content (AvgIpc) is 2.43. The van der Waals surface area contributed by atoms with Crippen LogP contribution in [0, 0.1) is 0 Å². The molecule has 0 rings (SSSR count). The number of allylic oxidation sites excluding steroid dienone is 1. The SMILES string of the molecule is CCCCCC(Cl)C(O)/C=C\CCC(=O)CC(=O)OCC. The fourth-order valence-electron chi connectivity index (χ4n) is 1.82. The number of unbranched alkanes of at least 4 members (excludes halogenated alkanes) is 2. The smallest absolute Gasteiger partial charge is 0.313 e. The third kappa shape index (κ3) is 11.5. The maximum absolute atomic E-state index is 11.5. The molecule has 0 aromatic heterocycles. The van der Waals surface area contributed by atoms with Crippen LogP contribution in [0.5, 0.6) is 0 Å². The normalized spacial score (nSPS) is 14.1. The Morgan fingerprint density at radius 1 is 1.29 bits per heavy atom. The maximum Gasteiger partial charge on any atom is 0.313 e. The molecule has 0 heterocycles. The van der Waals surface area contributed by atoms with Gasteiger partial charge in [0.1, 0.15) is 12.2 Å². The summed E-state index contributed by atoms with van der Waals surface area (Å²) >= 11 is 6.08. The molecule has 5 heteroatoms. The zero-order chi connectivity index (χ0) is 16.1. The molecule has 0 spiro atoms. The number of aliphatic hydroxyl groups is 1. The zero-order valence-electron chi connectivity index (χ0n) is 13.0. The Balaban J connectivity index is 3.83. The summed E-state index contributed by atoms with van der Waals surface area (Å²) < 4.78 is 4.70. The lowest BCUT2D eigenvalue weighted by atomic mass is 10.1. The van der Waals surface area contributed by atoms with Crippen molar-refractivity contribution >= 4 is 23.4 Å². The van der Waals surface area contributed by atoms with E-state index in [1.807, 2.05) is 0 Å². The lowest BCUT2D eigenvalue weighted by Crippen LogP contribution is -2.18. The number of rotatable bonds is 12. The molecule has 4 nitrogen and oxygen atoms in total. The minimum atomic E-state index is -0.691. The van der Waals surface area contributed by atoms with Crippen LogP contribution in [0.25, 0.3) is 0 Å². The van der Waals surface area contributed by atoms with Gasteiger partial charge in [0.25, 0.3) is 0 Å². The van der Waals surface area contributed by atoms with E-state index < -0.39 is 12.1 Å². The first kappa shape index (κ1) is 20.1. The molecule has 0 bridgehead atoms. The van der Waals surface area contributed by atoms with E-state index in [1.54, 1.807) is 19.1 Å². The van der Waals surface area contributed by atoms with Crippen molar-refractivity contribution in [3.63, 3.8) is 0 Å². The van der Waals surface area contributed by atoms with E-state index in [2.05, 4.69) is 6.92 Å². The van der Waals surface area contributed by atoms with Gasteiger partial charge in [-0.15, -0.1) is 11.6 Å². The van der Waals surface area contributed by atoms with Gasteiger partial charge in [-0.05, 0) is 19.8 Å². The molecular weight excluding hydrogens is 292 g/mol. The van der Waals surface area contributed by atoms with Crippen LogP contribution in [0.3, 0.4) is 0 Å². The topological polar surface area (TPSA) is 63.6 Å². The van der Waals surface area contributed by atoms with Crippen LogP contribution in [0.4, 0.5) is 0 Å². The van der Waals surface area contributed by atoms with E-state index in [-0.39, 0.29) is 30.6 Å². The van der Waals surface area contributed by atoms with Gasteiger partial charge in [-0.25, -0.2) is 0 Å². The van der Waals surface area contributed by atoms with Crippen molar-refractivity contribution in [2.75, 3.05) is 6.61 Å². The Hall–Kier alpha value is -0.870. The number of hydrogen-bond acceptors (Lipinski definition) is 4. The predicted octanol–water partition coefficient (Wildman–Crippen LogP) is 3.39. The second-order valence-electron chi connectivity index (χ2n) is 4.99. The lowest BCUT2D eigenvalue weighted by Gasteiger charge is -2.12. The van der Waals surface area contributed by atoms with E-state index in [0.717, 1.165) is 25.7 Å². The van der Waals surface area contributed by atoms with Crippen LogP contribution >= 0.6 is 11.6 Å². The van der Waals surface area contributed by atoms with Crippen molar-refractivity contribution in [1.29, 1.82) is 0 Å². The Morgan fingerprint density at radius 3 is 2.62 bits per heavy atom. The van der Waals surface area contributed by atoms with Crippen LogP contribution in [0.15, 0.2) is 12.2 Å². The average molecular weight is 319 g/mol. The van der Waals surface area contributed by atoms with Gasteiger partial charge in [0, 0.05) is 6.42 Å². The molecule has 0 aromatic carbocycles. The van der Waals surface area contributed by atoms with Gasteiger partial charge in [0.2, 0.25) is 0 Å². The first-order chi connectivity index (χ1) is 10.0. The molecule has 0 saturated carbocycles. The lowest BCUT2D eigenvalue weighted by molar-refractivity contribution is -0.145. The molecule has 0 aliphatic rings. The monoisotopic (exact) mass is 318 g/mol. The number of ketones is 1. The van der Waals surface area contributed by atoms with Gasteiger partial charge in [-0.3, -0.25) is 9.59 Å². The second kappa shape index (κ2) is 12.8. The highest BCUT2D eigenvalue weighted by atomic mass is 35.5. The van der Waals surface area contributed by atoms with Crippen LogP contribution in [0.1, 0.15) is 58.8 Å². The Morgan fingerprint density at radius 2 is 2.00 bits per heavy atom. The number of alkyl halides is 1. The fourth-order valence-corrected chi connectivity index (χ4v) is 2.06. The van der Waals surface area contributed by atoms with E-state index in [1.165, 1.54) is 0 Å². The minimum Gasteiger partial charge on any atom is -0.466 e. The highest BCUT2D eigenvalue weighted by Gasteiger charge is 2.13. The number of carbonyl (C=O) groups excluding carboxylic acids is 2. The van der Waals surface area contributed by atoms with Gasteiger partial charge in [-0.1, -0.05) is 38.3 Å². The first-order valence-electron chi connectivity index (χ1n) is 7.67. The molecule has 21 heavy (non-hydrogen) atoms.